The fraction of sp³-hybridized carbons (Fsp3) is 0.632. The van der Waals surface area contributed by atoms with Gasteiger partial charge in [-0.3, -0.25) is 28.8 Å². The van der Waals surface area contributed by atoms with Crippen molar-refractivity contribution in [2.45, 2.75) is 62.8 Å². The van der Waals surface area contributed by atoms with Crippen LogP contribution in [0, 0.1) is 0 Å². The van der Waals surface area contributed by atoms with Crippen LogP contribution in [0.1, 0.15) is 32.6 Å². The Bertz CT molecular complexity index is 836. The number of carboxylic acids is 3. The van der Waals surface area contributed by atoms with Gasteiger partial charge < -0.3 is 52.5 Å². The molecule has 11 N–H and O–H groups in total. The van der Waals surface area contributed by atoms with E-state index in [1.165, 1.54) is 6.92 Å². The molecule has 0 bridgehead atoms. The molecule has 17 heteroatoms. The number of carbonyl (C=O) groups excluding carboxylic acids is 4. The highest BCUT2D eigenvalue weighted by Gasteiger charge is 2.30. The lowest BCUT2D eigenvalue weighted by Crippen LogP contribution is -2.58. The first-order chi connectivity index (χ1) is 16.7. The van der Waals surface area contributed by atoms with E-state index in [4.69, 9.17) is 21.1 Å². The zero-order valence-electron chi connectivity index (χ0n) is 19.3. The first-order valence-electron chi connectivity index (χ1n) is 10.6. The molecule has 0 radical (unpaired) electrons. The number of aliphatic carboxylic acids is 3. The third-order valence-corrected chi connectivity index (χ3v) is 4.64. The molecule has 0 aliphatic rings. The molecule has 0 aliphatic carbocycles. The fourth-order valence-corrected chi connectivity index (χ4v) is 2.57. The molecule has 0 aromatic rings. The third-order valence-electron chi connectivity index (χ3n) is 4.64. The number of amides is 4. The van der Waals surface area contributed by atoms with Crippen LogP contribution in [-0.4, -0.2) is 110 Å². The van der Waals surface area contributed by atoms with Gasteiger partial charge in [-0.1, -0.05) is 0 Å². The smallest absolute Gasteiger partial charge is 0.326 e. The molecule has 36 heavy (non-hydrogen) atoms. The van der Waals surface area contributed by atoms with Gasteiger partial charge in [-0.15, -0.1) is 0 Å². The van der Waals surface area contributed by atoms with Crippen LogP contribution in [0.4, 0.5) is 0 Å². The van der Waals surface area contributed by atoms with Gasteiger partial charge in [-0.25, -0.2) is 4.79 Å². The minimum absolute atomic E-state index is 0.465. The Morgan fingerprint density at radius 1 is 0.639 bits per heavy atom. The van der Waals surface area contributed by atoms with Crippen LogP contribution < -0.4 is 27.0 Å². The Morgan fingerprint density at radius 3 is 1.53 bits per heavy atom. The molecule has 0 unspecified atom stereocenters. The molecule has 0 aromatic carbocycles. The molecule has 0 fully saturated rings. The van der Waals surface area contributed by atoms with Crippen LogP contribution in [-0.2, 0) is 33.6 Å². The van der Waals surface area contributed by atoms with E-state index in [-0.39, 0.29) is 0 Å². The predicted molar refractivity (Wildman–Crippen MR) is 117 cm³/mol. The number of nitrogens with one attached hydrogen (secondary N) is 4. The molecule has 0 aliphatic heterocycles. The number of carboxylic acid groups (broad SMARTS) is 3. The van der Waals surface area contributed by atoms with Crippen LogP contribution >= 0.6 is 0 Å². The molecule has 0 rings (SSSR count). The van der Waals surface area contributed by atoms with Gasteiger partial charge in [0.25, 0.3) is 0 Å². The predicted octanol–water partition coefficient (Wildman–Crippen LogP) is -4.93. The fourth-order valence-electron chi connectivity index (χ4n) is 2.57. The third kappa shape index (κ3) is 12.0. The highest BCUT2D eigenvalue weighted by Crippen LogP contribution is 2.04. The standard InChI is InChI=1S/C19H31N5O12/c1-8(21-18(34)12(7-26)24-16(32)9(20)6-25)15(31)22-10(2-4-13(27)28)17(33)23-11(19(35)36)3-5-14(29)30/h8-12,25-26H,2-7,20H2,1H3,(H,21,34)(H,22,31)(H,23,33)(H,24,32)(H,27,28)(H,29,30)(H,35,36)/t8-,9-,10-,11-,12-/m0/s1. The van der Waals surface area contributed by atoms with Crippen molar-refractivity contribution in [1.29, 1.82) is 0 Å². The molecule has 0 spiro atoms. The molecule has 4 amide bonds. The van der Waals surface area contributed by atoms with E-state index in [2.05, 4.69) is 16.0 Å². The Labute approximate surface area is 204 Å². The summed E-state index contributed by atoms with van der Waals surface area (Å²) >= 11 is 0. The minimum Gasteiger partial charge on any atom is -0.481 e. The second-order valence-corrected chi connectivity index (χ2v) is 7.59. The molecule has 0 saturated carbocycles. The zero-order valence-corrected chi connectivity index (χ0v) is 19.3. The quantitative estimate of drug-likeness (QED) is 0.0859. The Hall–Kier alpha value is -3.83. The maximum absolute atomic E-state index is 12.5. The largest absolute Gasteiger partial charge is 0.481 e. The lowest BCUT2D eigenvalue weighted by molar-refractivity contribution is -0.144. The summed E-state index contributed by atoms with van der Waals surface area (Å²) in [5.74, 6) is -8.26. The van der Waals surface area contributed by atoms with Crippen LogP contribution in [0.3, 0.4) is 0 Å². The van der Waals surface area contributed by atoms with Gasteiger partial charge in [0.15, 0.2) is 0 Å². The van der Waals surface area contributed by atoms with Crippen LogP contribution in [0.25, 0.3) is 0 Å². The summed E-state index contributed by atoms with van der Waals surface area (Å²) in [5, 5.41) is 53.4. The second kappa shape index (κ2) is 16.0. The maximum Gasteiger partial charge on any atom is 0.326 e. The molecule has 5 atom stereocenters. The van der Waals surface area contributed by atoms with Crippen molar-refractivity contribution in [1.82, 2.24) is 21.3 Å². The summed E-state index contributed by atoms with van der Waals surface area (Å²) < 4.78 is 0. The number of hydrogen-bond donors (Lipinski definition) is 10. The second-order valence-electron chi connectivity index (χ2n) is 7.59. The van der Waals surface area contributed by atoms with Crippen molar-refractivity contribution in [2.75, 3.05) is 13.2 Å². The molecule has 17 nitrogen and oxygen atoms in total. The topological polar surface area (TPSA) is 295 Å². The normalized spacial score (nSPS) is 14.8. The van der Waals surface area contributed by atoms with E-state index in [0.717, 1.165) is 0 Å². The summed E-state index contributed by atoms with van der Waals surface area (Å²) in [7, 11) is 0. The van der Waals surface area contributed by atoms with Gasteiger partial charge in [-0.2, -0.15) is 0 Å². The molecular weight excluding hydrogens is 490 g/mol. The van der Waals surface area contributed by atoms with Crippen LogP contribution in [0.5, 0.6) is 0 Å². The highest BCUT2D eigenvalue weighted by atomic mass is 16.4. The van der Waals surface area contributed by atoms with E-state index in [1.54, 1.807) is 0 Å². The van der Waals surface area contributed by atoms with Crippen molar-refractivity contribution < 1.29 is 59.1 Å². The summed E-state index contributed by atoms with van der Waals surface area (Å²) in [6.45, 7) is -0.452. The lowest BCUT2D eigenvalue weighted by atomic mass is 10.1. The van der Waals surface area contributed by atoms with E-state index < -0.39 is 111 Å². The van der Waals surface area contributed by atoms with Crippen molar-refractivity contribution in [3.05, 3.63) is 0 Å². The highest BCUT2D eigenvalue weighted by molar-refractivity contribution is 5.95. The number of nitrogens with two attached hydrogens (primary N) is 1. The van der Waals surface area contributed by atoms with E-state index >= 15 is 0 Å². The van der Waals surface area contributed by atoms with E-state index in [9.17, 15) is 43.8 Å². The molecule has 0 heterocycles. The average molecular weight is 521 g/mol. The summed E-state index contributed by atoms with van der Waals surface area (Å²) in [6, 6.07) is -7.48. The minimum atomic E-state index is -1.63. The maximum atomic E-state index is 12.5. The number of rotatable bonds is 17. The summed E-state index contributed by atoms with van der Waals surface area (Å²) in [5.41, 5.74) is 5.30. The Morgan fingerprint density at radius 2 is 1.08 bits per heavy atom. The Kier molecular flexibility index (Phi) is 14.3. The van der Waals surface area contributed by atoms with Gasteiger partial charge >= 0.3 is 17.9 Å². The summed E-state index contributed by atoms with van der Waals surface area (Å²) in [4.78, 5) is 81.9. The van der Waals surface area contributed by atoms with Gasteiger partial charge in [0.1, 0.15) is 30.2 Å². The van der Waals surface area contributed by atoms with E-state index in [1.807, 2.05) is 5.32 Å². The number of carbonyl (C=O) groups is 7. The Balaban J connectivity index is 5.31. The van der Waals surface area contributed by atoms with Crippen molar-refractivity contribution in [3.63, 3.8) is 0 Å². The SMILES string of the molecule is C[C@H](NC(=O)[C@H](CO)NC(=O)[C@@H](N)CO)C(=O)N[C@@H](CCC(=O)O)C(=O)N[C@@H](CCC(=O)O)C(=O)O. The van der Waals surface area contributed by atoms with Gasteiger partial charge in [0.2, 0.25) is 23.6 Å². The van der Waals surface area contributed by atoms with Crippen molar-refractivity contribution >= 4 is 41.5 Å². The van der Waals surface area contributed by atoms with E-state index in [0.29, 0.717) is 0 Å². The van der Waals surface area contributed by atoms with Crippen molar-refractivity contribution in [3.8, 4) is 0 Å². The molecule has 0 saturated heterocycles. The average Bonchev–Trinajstić information content (AvgIpc) is 2.80. The van der Waals surface area contributed by atoms with Gasteiger partial charge in [-0.05, 0) is 19.8 Å². The number of aliphatic hydroxyl groups is 2. The summed E-state index contributed by atoms with van der Waals surface area (Å²) in [6.07, 6.45) is -2.13. The first-order valence-corrected chi connectivity index (χ1v) is 10.6. The van der Waals surface area contributed by atoms with Gasteiger partial charge in [0.05, 0.1) is 13.2 Å². The number of hydrogen-bond acceptors (Lipinski definition) is 10. The molecule has 204 valence electrons. The lowest BCUT2D eigenvalue weighted by Gasteiger charge is -2.24. The zero-order chi connectivity index (χ0) is 28.0. The first kappa shape index (κ1) is 32.2. The number of aliphatic hydroxyl groups excluding tert-OH is 2. The molecular formula is C19H31N5O12. The van der Waals surface area contributed by atoms with Crippen LogP contribution in [0.2, 0.25) is 0 Å². The van der Waals surface area contributed by atoms with Crippen LogP contribution in [0.15, 0.2) is 0 Å². The molecule has 0 aromatic heterocycles. The monoisotopic (exact) mass is 521 g/mol. The van der Waals surface area contributed by atoms with Gasteiger partial charge in [0, 0.05) is 12.8 Å². The van der Waals surface area contributed by atoms with Crippen molar-refractivity contribution in [2.24, 2.45) is 5.73 Å².